The molecule has 2 rings (SSSR count). The molecule has 2 heterocycles. The van der Waals surface area contributed by atoms with Gasteiger partial charge in [0.2, 0.25) is 5.88 Å². The number of thiophene rings is 1. The molecule has 0 bridgehead atoms. The fraction of sp³-hybridized carbons (Fsp3) is 0.0909. The summed E-state index contributed by atoms with van der Waals surface area (Å²) in [5.41, 5.74) is 4.78. The molecule has 104 valence electrons. The smallest absolute Gasteiger partial charge is 0.299 e. The van der Waals surface area contributed by atoms with Crippen LogP contribution in [0.1, 0.15) is 10.6 Å². The van der Waals surface area contributed by atoms with Crippen molar-refractivity contribution in [1.29, 1.82) is 0 Å². The predicted molar refractivity (Wildman–Crippen MR) is 72.1 cm³/mol. The number of nitrogens with two attached hydrogens (primary N) is 1. The van der Waals surface area contributed by atoms with Crippen LogP contribution in [0.4, 0.5) is 5.69 Å². The number of aromatic nitrogens is 1. The number of pyridine rings is 1. The average Bonchev–Trinajstić information content (AvgIpc) is 2.97. The van der Waals surface area contributed by atoms with E-state index >= 15 is 0 Å². The van der Waals surface area contributed by atoms with E-state index in [2.05, 4.69) is 10.1 Å². The molecule has 0 saturated heterocycles. The SMILES string of the molecule is N/C(=N/O)c1nc(OCc2cccs2)ccc1[N+](=O)[O-]. The van der Waals surface area contributed by atoms with Crippen LogP contribution in [0, 0.1) is 10.1 Å². The van der Waals surface area contributed by atoms with Crippen LogP contribution in [0.15, 0.2) is 34.8 Å². The predicted octanol–water partition coefficient (Wildman–Crippen LogP) is 1.72. The maximum Gasteiger partial charge on any atom is 0.299 e. The van der Waals surface area contributed by atoms with Crippen molar-refractivity contribution >= 4 is 22.9 Å². The van der Waals surface area contributed by atoms with Gasteiger partial charge in [-0.3, -0.25) is 10.1 Å². The molecule has 20 heavy (non-hydrogen) atoms. The minimum absolute atomic E-state index is 0.158. The molecule has 0 aromatic carbocycles. The normalized spacial score (nSPS) is 11.3. The van der Waals surface area contributed by atoms with Gasteiger partial charge in [0, 0.05) is 17.0 Å². The summed E-state index contributed by atoms with van der Waals surface area (Å²) in [5, 5.41) is 24.1. The van der Waals surface area contributed by atoms with Crippen molar-refractivity contribution in [2.24, 2.45) is 10.9 Å². The maximum absolute atomic E-state index is 10.8. The molecule has 0 atom stereocenters. The van der Waals surface area contributed by atoms with Crippen LogP contribution < -0.4 is 10.5 Å². The summed E-state index contributed by atoms with van der Waals surface area (Å²) in [6, 6.07) is 6.33. The van der Waals surface area contributed by atoms with Crippen LogP contribution in [0.5, 0.6) is 5.88 Å². The zero-order valence-electron chi connectivity index (χ0n) is 10.1. The van der Waals surface area contributed by atoms with Gasteiger partial charge in [0.05, 0.1) is 4.92 Å². The van der Waals surface area contributed by atoms with E-state index < -0.39 is 10.8 Å². The van der Waals surface area contributed by atoms with Gasteiger partial charge >= 0.3 is 0 Å². The fourth-order valence-corrected chi connectivity index (χ4v) is 2.05. The van der Waals surface area contributed by atoms with E-state index in [1.165, 1.54) is 23.5 Å². The van der Waals surface area contributed by atoms with Crippen molar-refractivity contribution in [3.8, 4) is 5.88 Å². The number of hydrogen-bond acceptors (Lipinski definition) is 7. The first-order valence-corrected chi connectivity index (χ1v) is 6.28. The second kappa shape index (κ2) is 5.97. The maximum atomic E-state index is 10.8. The van der Waals surface area contributed by atoms with Gasteiger partial charge in [-0.25, -0.2) is 4.98 Å². The molecular formula is C11H10N4O4S. The second-order valence-corrected chi connectivity index (χ2v) is 4.66. The van der Waals surface area contributed by atoms with E-state index in [4.69, 9.17) is 15.7 Å². The summed E-state index contributed by atoms with van der Waals surface area (Å²) in [4.78, 5) is 15.0. The molecule has 2 aromatic rings. The Morgan fingerprint density at radius 2 is 2.35 bits per heavy atom. The van der Waals surface area contributed by atoms with Crippen molar-refractivity contribution in [3.05, 3.63) is 50.3 Å². The second-order valence-electron chi connectivity index (χ2n) is 3.63. The lowest BCUT2D eigenvalue weighted by atomic mass is 10.3. The molecule has 2 aromatic heterocycles. The van der Waals surface area contributed by atoms with Crippen molar-refractivity contribution in [2.75, 3.05) is 0 Å². The average molecular weight is 294 g/mol. The molecule has 0 spiro atoms. The van der Waals surface area contributed by atoms with Crippen LogP contribution in [-0.4, -0.2) is 21.0 Å². The summed E-state index contributed by atoms with van der Waals surface area (Å²) in [6.07, 6.45) is 0. The molecular weight excluding hydrogens is 284 g/mol. The van der Waals surface area contributed by atoms with E-state index in [0.717, 1.165) is 4.88 Å². The number of nitro groups is 1. The van der Waals surface area contributed by atoms with Gasteiger partial charge in [-0.05, 0) is 11.4 Å². The Kier molecular flexibility index (Phi) is 4.11. The highest BCUT2D eigenvalue weighted by atomic mass is 32.1. The third kappa shape index (κ3) is 3.01. The minimum Gasteiger partial charge on any atom is -0.472 e. The lowest BCUT2D eigenvalue weighted by Crippen LogP contribution is -2.17. The number of ether oxygens (including phenoxy) is 1. The Morgan fingerprint density at radius 3 is 2.95 bits per heavy atom. The van der Waals surface area contributed by atoms with Gasteiger partial charge in [0.15, 0.2) is 11.5 Å². The number of oxime groups is 1. The minimum atomic E-state index is -0.663. The van der Waals surface area contributed by atoms with Gasteiger partial charge in [0.25, 0.3) is 5.69 Å². The Hall–Kier alpha value is -2.68. The van der Waals surface area contributed by atoms with Gasteiger partial charge in [0.1, 0.15) is 6.61 Å². The van der Waals surface area contributed by atoms with Crippen molar-refractivity contribution in [2.45, 2.75) is 6.61 Å². The zero-order chi connectivity index (χ0) is 14.5. The van der Waals surface area contributed by atoms with E-state index in [-0.39, 0.29) is 23.9 Å². The van der Waals surface area contributed by atoms with E-state index in [1.54, 1.807) is 0 Å². The Morgan fingerprint density at radius 1 is 1.55 bits per heavy atom. The van der Waals surface area contributed by atoms with Crippen molar-refractivity contribution < 1.29 is 14.9 Å². The standard InChI is InChI=1S/C11H10N4O4S/c12-11(14-16)10-8(15(17)18)3-4-9(13-10)19-6-7-2-1-5-20-7/h1-5,16H,6H2,(H2,12,14). The number of amidine groups is 1. The molecule has 9 heteroatoms. The quantitative estimate of drug-likeness (QED) is 0.284. The number of rotatable bonds is 5. The number of nitrogens with zero attached hydrogens (tertiary/aromatic N) is 3. The first-order chi connectivity index (χ1) is 9.61. The van der Waals surface area contributed by atoms with Crippen LogP contribution in [0.2, 0.25) is 0 Å². The third-order valence-electron chi connectivity index (χ3n) is 2.34. The van der Waals surface area contributed by atoms with Crippen LogP contribution >= 0.6 is 11.3 Å². The van der Waals surface area contributed by atoms with E-state index in [9.17, 15) is 10.1 Å². The highest BCUT2D eigenvalue weighted by Crippen LogP contribution is 2.21. The summed E-state index contributed by atoms with van der Waals surface area (Å²) in [5.74, 6) is -0.288. The fourth-order valence-electron chi connectivity index (χ4n) is 1.44. The molecule has 0 radical (unpaired) electrons. The van der Waals surface area contributed by atoms with Crippen LogP contribution in [-0.2, 0) is 6.61 Å². The first-order valence-electron chi connectivity index (χ1n) is 5.40. The molecule has 0 saturated carbocycles. The molecule has 0 aliphatic heterocycles. The Labute approximate surface area is 117 Å². The van der Waals surface area contributed by atoms with Crippen LogP contribution in [0.25, 0.3) is 0 Å². The third-order valence-corrected chi connectivity index (χ3v) is 3.19. The highest BCUT2D eigenvalue weighted by Gasteiger charge is 2.20. The van der Waals surface area contributed by atoms with Gasteiger partial charge < -0.3 is 15.7 Å². The van der Waals surface area contributed by atoms with Crippen molar-refractivity contribution in [1.82, 2.24) is 4.98 Å². The largest absolute Gasteiger partial charge is 0.472 e. The number of hydrogen-bond donors (Lipinski definition) is 2. The summed E-state index contributed by atoms with van der Waals surface area (Å²) in [6.45, 7) is 0.290. The zero-order valence-corrected chi connectivity index (χ0v) is 10.9. The summed E-state index contributed by atoms with van der Waals surface area (Å²) < 4.78 is 5.40. The molecule has 0 aliphatic carbocycles. The molecule has 0 unspecified atom stereocenters. The summed E-state index contributed by atoms with van der Waals surface area (Å²) >= 11 is 1.52. The van der Waals surface area contributed by atoms with Gasteiger partial charge in [-0.2, -0.15) is 0 Å². The Balaban J connectivity index is 2.25. The monoisotopic (exact) mass is 294 g/mol. The topological polar surface area (TPSA) is 124 Å². The molecule has 0 fully saturated rings. The molecule has 3 N–H and O–H groups in total. The van der Waals surface area contributed by atoms with Gasteiger partial charge in [-0.15, -0.1) is 11.3 Å². The van der Waals surface area contributed by atoms with Crippen LogP contribution in [0.3, 0.4) is 0 Å². The molecule has 0 amide bonds. The highest BCUT2D eigenvalue weighted by molar-refractivity contribution is 7.09. The lowest BCUT2D eigenvalue weighted by molar-refractivity contribution is -0.385. The first kappa shape index (κ1) is 13.7. The molecule has 0 aliphatic rings. The van der Waals surface area contributed by atoms with E-state index in [1.807, 2.05) is 17.5 Å². The lowest BCUT2D eigenvalue weighted by Gasteiger charge is -2.06. The molecule has 8 nitrogen and oxygen atoms in total. The summed E-state index contributed by atoms with van der Waals surface area (Å²) in [7, 11) is 0. The Bertz CT molecular complexity index is 642. The van der Waals surface area contributed by atoms with Gasteiger partial charge in [-0.1, -0.05) is 11.2 Å². The van der Waals surface area contributed by atoms with E-state index in [0.29, 0.717) is 0 Å². The van der Waals surface area contributed by atoms with Crippen molar-refractivity contribution in [3.63, 3.8) is 0 Å².